The zero-order valence-corrected chi connectivity index (χ0v) is 10.7. The number of nitrogens with one attached hydrogen (secondary N) is 1. The van der Waals surface area contributed by atoms with Crippen molar-refractivity contribution in [3.8, 4) is 0 Å². The van der Waals surface area contributed by atoms with Crippen molar-refractivity contribution < 1.29 is 18.3 Å². The number of carboxylic acid groups (broad SMARTS) is 1. The molecule has 1 fully saturated rings. The number of hydrogen-bond donors (Lipinski definition) is 2. The van der Waals surface area contributed by atoms with Crippen LogP contribution < -0.4 is 4.72 Å². The first kappa shape index (κ1) is 13.0. The maximum atomic E-state index is 11.9. The molecule has 18 heavy (non-hydrogen) atoms. The monoisotopic (exact) mass is 273 g/mol. The lowest BCUT2D eigenvalue weighted by Gasteiger charge is -2.02. The van der Waals surface area contributed by atoms with Gasteiger partial charge in [0.1, 0.15) is 11.4 Å². The van der Waals surface area contributed by atoms with E-state index in [4.69, 9.17) is 5.11 Å². The Bertz CT molecular complexity index is 551. The Morgan fingerprint density at radius 2 is 2.39 bits per heavy atom. The van der Waals surface area contributed by atoms with Gasteiger partial charge in [-0.2, -0.15) is 5.10 Å². The van der Waals surface area contributed by atoms with Gasteiger partial charge in [-0.3, -0.25) is 9.48 Å². The molecule has 2 unspecified atom stereocenters. The van der Waals surface area contributed by atoms with Crippen LogP contribution in [0.3, 0.4) is 0 Å². The molecule has 100 valence electrons. The summed E-state index contributed by atoms with van der Waals surface area (Å²) >= 11 is 0. The Hall–Kier alpha value is -1.41. The average molecular weight is 273 g/mol. The summed E-state index contributed by atoms with van der Waals surface area (Å²) in [5.41, 5.74) is 0. The van der Waals surface area contributed by atoms with Crippen molar-refractivity contribution in [1.29, 1.82) is 0 Å². The number of rotatable bonds is 6. The van der Waals surface area contributed by atoms with Gasteiger partial charge in [0.25, 0.3) is 0 Å². The molecular formula is C10H15N3O4S. The fraction of sp³-hybridized carbons (Fsp3) is 0.600. The lowest BCUT2D eigenvalue weighted by molar-refractivity contribution is -0.137. The van der Waals surface area contributed by atoms with Gasteiger partial charge in [-0.05, 0) is 12.3 Å². The van der Waals surface area contributed by atoms with E-state index in [2.05, 4.69) is 9.82 Å². The van der Waals surface area contributed by atoms with E-state index in [0.29, 0.717) is 5.92 Å². The van der Waals surface area contributed by atoms with Crippen molar-refractivity contribution in [3.63, 3.8) is 0 Å². The molecule has 1 aliphatic rings. The Morgan fingerprint density at radius 3 is 2.94 bits per heavy atom. The zero-order valence-electron chi connectivity index (χ0n) is 9.91. The lowest BCUT2D eigenvalue weighted by Crippen LogP contribution is -2.26. The highest BCUT2D eigenvalue weighted by atomic mass is 32.2. The van der Waals surface area contributed by atoms with Crippen LogP contribution in [-0.4, -0.2) is 35.3 Å². The second-order valence-corrected chi connectivity index (χ2v) is 6.11. The summed E-state index contributed by atoms with van der Waals surface area (Å²) in [6.07, 6.45) is 4.19. The topological polar surface area (TPSA) is 101 Å². The van der Waals surface area contributed by atoms with Crippen LogP contribution >= 0.6 is 0 Å². The molecule has 1 aromatic rings. The summed E-state index contributed by atoms with van der Waals surface area (Å²) in [7, 11) is -3.58. The van der Waals surface area contributed by atoms with Gasteiger partial charge in [-0.1, -0.05) is 13.3 Å². The third kappa shape index (κ3) is 2.88. The van der Waals surface area contributed by atoms with Crippen LogP contribution in [0.4, 0.5) is 0 Å². The first-order valence-electron chi connectivity index (χ1n) is 5.69. The second kappa shape index (κ2) is 4.69. The average Bonchev–Trinajstić information content (AvgIpc) is 2.81. The van der Waals surface area contributed by atoms with Crippen molar-refractivity contribution in [1.82, 2.24) is 14.5 Å². The maximum Gasteiger partial charge on any atom is 0.325 e. The third-order valence-corrected chi connectivity index (χ3v) is 4.42. The Labute approximate surface area is 105 Å². The minimum Gasteiger partial charge on any atom is -0.480 e. The van der Waals surface area contributed by atoms with Gasteiger partial charge in [0.05, 0.1) is 6.20 Å². The van der Waals surface area contributed by atoms with Crippen LogP contribution in [-0.2, 0) is 21.4 Å². The van der Waals surface area contributed by atoms with Gasteiger partial charge in [0.15, 0.2) is 0 Å². The molecule has 2 rings (SSSR count). The molecule has 2 N–H and O–H groups in total. The van der Waals surface area contributed by atoms with Crippen LogP contribution in [0.5, 0.6) is 0 Å². The first-order valence-corrected chi connectivity index (χ1v) is 7.17. The quantitative estimate of drug-likeness (QED) is 0.762. The van der Waals surface area contributed by atoms with Gasteiger partial charge in [0.2, 0.25) is 10.0 Å². The van der Waals surface area contributed by atoms with E-state index in [1.807, 2.05) is 6.92 Å². The molecule has 0 spiro atoms. The summed E-state index contributed by atoms with van der Waals surface area (Å²) in [6.45, 7) is 1.67. The van der Waals surface area contributed by atoms with E-state index in [1.165, 1.54) is 6.20 Å². The third-order valence-electron chi connectivity index (χ3n) is 2.97. The summed E-state index contributed by atoms with van der Waals surface area (Å²) in [4.78, 5) is 10.5. The van der Waals surface area contributed by atoms with Crippen LogP contribution in [0.2, 0.25) is 0 Å². The van der Waals surface area contributed by atoms with E-state index in [9.17, 15) is 13.2 Å². The van der Waals surface area contributed by atoms with Crippen molar-refractivity contribution in [2.75, 3.05) is 0 Å². The van der Waals surface area contributed by atoms with Crippen molar-refractivity contribution in [3.05, 3.63) is 12.4 Å². The van der Waals surface area contributed by atoms with Gasteiger partial charge in [-0.15, -0.1) is 0 Å². The molecule has 0 aliphatic heterocycles. The number of sulfonamides is 1. The fourth-order valence-corrected chi connectivity index (χ4v) is 3.09. The fourth-order valence-electron chi connectivity index (χ4n) is 1.82. The molecule has 0 bridgehead atoms. The first-order chi connectivity index (χ1) is 8.42. The Kier molecular flexibility index (Phi) is 3.40. The van der Waals surface area contributed by atoms with E-state index in [-0.39, 0.29) is 17.5 Å². The number of carboxylic acids is 1. The SMILES string of the molecule is CCC1CC1NS(=O)(=O)c1cnn(CC(=O)O)c1. The lowest BCUT2D eigenvalue weighted by atomic mass is 10.3. The molecule has 0 radical (unpaired) electrons. The predicted octanol–water partition coefficient (Wildman–Crippen LogP) is 0.0445. The summed E-state index contributed by atoms with van der Waals surface area (Å²) < 4.78 is 27.5. The standard InChI is InChI=1S/C10H15N3O4S/c1-2-7-3-9(7)12-18(16,17)8-4-11-13(5-8)6-10(14)15/h4-5,7,9,12H,2-3,6H2,1H3,(H,14,15). The molecule has 2 atom stereocenters. The number of nitrogens with zero attached hydrogens (tertiary/aromatic N) is 2. The molecule has 1 heterocycles. The molecule has 0 aromatic carbocycles. The van der Waals surface area contributed by atoms with E-state index < -0.39 is 16.0 Å². The molecule has 0 saturated heterocycles. The van der Waals surface area contributed by atoms with Crippen LogP contribution in [0.25, 0.3) is 0 Å². The van der Waals surface area contributed by atoms with Gasteiger partial charge in [-0.25, -0.2) is 13.1 Å². The number of aromatic nitrogens is 2. The van der Waals surface area contributed by atoms with Gasteiger partial charge < -0.3 is 5.11 Å². The second-order valence-electron chi connectivity index (χ2n) is 4.40. The minimum absolute atomic E-state index is 0.00261. The number of aliphatic carboxylic acids is 1. The smallest absolute Gasteiger partial charge is 0.325 e. The highest BCUT2D eigenvalue weighted by Gasteiger charge is 2.38. The van der Waals surface area contributed by atoms with Gasteiger partial charge >= 0.3 is 5.97 Å². The highest BCUT2D eigenvalue weighted by Crippen LogP contribution is 2.34. The summed E-state index contributed by atoms with van der Waals surface area (Å²) in [5, 5.41) is 12.3. The van der Waals surface area contributed by atoms with Crippen molar-refractivity contribution in [2.24, 2.45) is 5.92 Å². The number of carbonyl (C=O) groups is 1. The molecule has 1 saturated carbocycles. The molecular weight excluding hydrogens is 258 g/mol. The van der Waals surface area contributed by atoms with E-state index in [0.717, 1.165) is 23.7 Å². The minimum atomic E-state index is -3.58. The molecule has 1 aromatic heterocycles. The van der Waals surface area contributed by atoms with Crippen molar-refractivity contribution >= 4 is 16.0 Å². The molecule has 7 nitrogen and oxygen atoms in total. The zero-order chi connectivity index (χ0) is 13.3. The van der Waals surface area contributed by atoms with Crippen LogP contribution in [0.15, 0.2) is 17.3 Å². The van der Waals surface area contributed by atoms with Crippen LogP contribution in [0.1, 0.15) is 19.8 Å². The Balaban J connectivity index is 2.05. The largest absolute Gasteiger partial charge is 0.480 e. The molecule has 1 aliphatic carbocycles. The summed E-state index contributed by atoms with van der Waals surface area (Å²) in [5.74, 6) is -0.655. The number of hydrogen-bond acceptors (Lipinski definition) is 4. The van der Waals surface area contributed by atoms with E-state index in [1.54, 1.807) is 0 Å². The molecule has 0 amide bonds. The summed E-state index contributed by atoms with van der Waals surface area (Å²) in [6, 6.07) is 0.00261. The molecule has 8 heteroatoms. The Morgan fingerprint density at radius 1 is 1.67 bits per heavy atom. The maximum absolute atomic E-state index is 11.9. The van der Waals surface area contributed by atoms with Gasteiger partial charge in [0, 0.05) is 12.2 Å². The van der Waals surface area contributed by atoms with Crippen molar-refractivity contribution in [2.45, 2.75) is 37.2 Å². The normalized spacial score (nSPS) is 22.9. The predicted molar refractivity (Wildman–Crippen MR) is 62.4 cm³/mol. The van der Waals surface area contributed by atoms with E-state index >= 15 is 0 Å². The van der Waals surface area contributed by atoms with Crippen LogP contribution in [0, 0.1) is 5.92 Å². The highest BCUT2D eigenvalue weighted by molar-refractivity contribution is 7.89.